The minimum Gasteiger partial charge on any atom is -0.338 e. The molecule has 0 aliphatic carbocycles. The number of nitrogens with zero attached hydrogens (tertiary/aromatic N) is 1. The van der Waals surface area contributed by atoms with Crippen LogP contribution in [0.3, 0.4) is 0 Å². The van der Waals surface area contributed by atoms with Gasteiger partial charge in [-0.1, -0.05) is 6.07 Å². The Bertz CT molecular complexity index is 513. The maximum absolute atomic E-state index is 13.3. The lowest BCUT2D eigenvalue weighted by Gasteiger charge is -2.32. The van der Waals surface area contributed by atoms with Crippen molar-refractivity contribution in [2.75, 3.05) is 20.1 Å². The monoisotopic (exact) mass is 282 g/mol. The molecule has 2 rings (SSSR count). The van der Waals surface area contributed by atoms with Gasteiger partial charge in [-0.15, -0.1) is 0 Å². The van der Waals surface area contributed by atoms with Gasteiger partial charge in [0, 0.05) is 13.6 Å². The maximum atomic E-state index is 13.3. The van der Waals surface area contributed by atoms with Crippen LogP contribution in [0.4, 0.5) is 8.78 Å². The first kappa shape index (κ1) is 14.9. The van der Waals surface area contributed by atoms with Crippen LogP contribution < -0.4 is 5.32 Å². The van der Waals surface area contributed by atoms with Crippen molar-refractivity contribution in [2.24, 2.45) is 5.41 Å². The standard InChI is InChI=1S/C15H20F2N2O/c1-10(11-4-5-12(16)13(17)8-11)19(3)14(20)15(2)6-7-18-9-15/h4-5,8,10,18H,6-7,9H2,1-3H3. The molecule has 0 saturated carbocycles. The predicted octanol–water partition coefficient (Wildman–Crippen LogP) is 2.48. The van der Waals surface area contributed by atoms with Crippen molar-refractivity contribution < 1.29 is 13.6 Å². The third kappa shape index (κ3) is 2.68. The van der Waals surface area contributed by atoms with E-state index in [0.717, 1.165) is 25.1 Å². The summed E-state index contributed by atoms with van der Waals surface area (Å²) in [6.45, 7) is 5.23. The molecule has 0 aromatic heterocycles. The van der Waals surface area contributed by atoms with E-state index in [0.29, 0.717) is 12.1 Å². The van der Waals surface area contributed by atoms with Crippen LogP contribution in [-0.2, 0) is 4.79 Å². The van der Waals surface area contributed by atoms with Crippen LogP contribution in [0.15, 0.2) is 18.2 Å². The molecular formula is C15H20F2N2O. The second-order valence-corrected chi connectivity index (χ2v) is 5.75. The molecule has 2 atom stereocenters. The van der Waals surface area contributed by atoms with Crippen molar-refractivity contribution in [1.29, 1.82) is 0 Å². The highest BCUT2D eigenvalue weighted by Crippen LogP contribution is 2.30. The number of hydrogen-bond acceptors (Lipinski definition) is 2. The minimum absolute atomic E-state index is 0.0275. The molecule has 1 aromatic carbocycles. The molecule has 5 heteroatoms. The summed E-state index contributed by atoms with van der Waals surface area (Å²) >= 11 is 0. The van der Waals surface area contributed by atoms with Crippen LogP contribution in [0.5, 0.6) is 0 Å². The summed E-state index contributed by atoms with van der Waals surface area (Å²) in [5.74, 6) is -1.73. The molecule has 110 valence electrons. The topological polar surface area (TPSA) is 32.3 Å². The lowest BCUT2D eigenvalue weighted by atomic mass is 9.87. The molecule has 3 nitrogen and oxygen atoms in total. The second kappa shape index (κ2) is 5.48. The first-order chi connectivity index (χ1) is 9.35. The van der Waals surface area contributed by atoms with E-state index in [1.165, 1.54) is 6.07 Å². The molecule has 1 amide bonds. The Morgan fingerprint density at radius 3 is 2.65 bits per heavy atom. The molecular weight excluding hydrogens is 262 g/mol. The average molecular weight is 282 g/mol. The van der Waals surface area contributed by atoms with E-state index in [1.54, 1.807) is 11.9 Å². The van der Waals surface area contributed by atoms with Gasteiger partial charge in [-0.25, -0.2) is 8.78 Å². The summed E-state index contributed by atoms with van der Waals surface area (Å²) in [7, 11) is 1.71. The fourth-order valence-corrected chi connectivity index (χ4v) is 2.60. The second-order valence-electron chi connectivity index (χ2n) is 5.75. The Kier molecular flexibility index (Phi) is 4.09. The summed E-state index contributed by atoms with van der Waals surface area (Å²) in [6, 6.07) is 3.47. The lowest BCUT2D eigenvalue weighted by Crippen LogP contribution is -2.42. The largest absolute Gasteiger partial charge is 0.338 e. The number of carbonyl (C=O) groups is 1. The van der Waals surface area contributed by atoms with E-state index in [4.69, 9.17) is 0 Å². The maximum Gasteiger partial charge on any atom is 0.230 e. The number of nitrogens with one attached hydrogen (secondary N) is 1. The Balaban J connectivity index is 2.17. The van der Waals surface area contributed by atoms with Gasteiger partial charge in [0.2, 0.25) is 5.91 Å². The van der Waals surface area contributed by atoms with Crippen molar-refractivity contribution >= 4 is 5.91 Å². The summed E-state index contributed by atoms with van der Waals surface area (Å²) in [4.78, 5) is 14.2. The molecule has 2 unspecified atom stereocenters. The number of carbonyl (C=O) groups excluding carboxylic acids is 1. The minimum atomic E-state index is -0.885. The van der Waals surface area contributed by atoms with E-state index in [2.05, 4.69) is 5.32 Å². The van der Waals surface area contributed by atoms with Crippen LogP contribution in [0, 0.1) is 17.0 Å². The predicted molar refractivity (Wildman–Crippen MR) is 73.1 cm³/mol. The van der Waals surface area contributed by atoms with Crippen LogP contribution in [0.2, 0.25) is 0 Å². The fourth-order valence-electron chi connectivity index (χ4n) is 2.60. The van der Waals surface area contributed by atoms with E-state index in [-0.39, 0.29) is 11.9 Å². The van der Waals surface area contributed by atoms with Crippen LogP contribution in [-0.4, -0.2) is 30.9 Å². The molecule has 0 bridgehead atoms. The highest BCUT2D eigenvalue weighted by molar-refractivity contribution is 5.83. The average Bonchev–Trinajstić information content (AvgIpc) is 2.87. The molecule has 1 aliphatic rings. The van der Waals surface area contributed by atoms with Crippen molar-refractivity contribution in [1.82, 2.24) is 10.2 Å². The van der Waals surface area contributed by atoms with Gasteiger partial charge in [0.25, 0.3) is 0 Å². The molecule has 1 heterocycles. The Morgan fingerprint density at radius 2 is 2.10 bits per heavy atom. The molecule has 1 N–H and O–H groups in total. The van der Waals surface area contributed by atoms with Crippen molar-refractivity contribution in [3.05, 3.63) is 35.4 Å². The summed E-state index contributed by atoms with van der Waals surface area (Å²) in [5, 5.41) is 3.19. The van der Waals surface area contributed by atoms with Gasteiger partial charge >= 0.3 is 0 Å². The molecule has 1 saturated heterocycles. The molecule has 0 radical (unpaired) electrons. The van der Waals surface area contributed by atoms with Crippen LogP contribution >= 0.6 is 0 Å². The van der Waals surface area contributed by atoms with Gasteiger partial charge in [-0.2, -0.15) is 0 Å². The normalized spacial score (nSPS) is 23.6. The highest BCUT2D eigenvalue weighted by atomic mass is 19.2. The zero-order valence-electron chi connectivity index (χ0n) is 12.0. The van der Waals surface area contributed by atoms with Gasteiger partial charge in [0.1, 0.15) is 0 Å². The number of rotatable bonds is 3. The van der Waals surface area contributed by atoms with Crippen LogP contribution in [0.25, 0.3) is 0 Å². The fraction of sp³-hybridized carbons (Fsp3) is 0.533. The van der Waals surface area contributed by atoms with Crippen molar-refractivity contribution in [3.8, 4) is 0 Å². The lowest BCUT2D eigenvalue weighted by molar-refractivity contribution is -0.140. The first-order valence-electron chi connectivity index (χ1n) is 6.78. The third-order valence-electron chi connectivity index (χ3n) is 4.21. The molecule has 1 aliphatic heterocycles. The summed E-state index contributed by atoms with van der Waals surface area (Å²) < 4.78 is 26.3. The first-order valence-corrected chi connectivity index (χ1v) is 6.78. The quantitative estimate of drug-likeness (QED) is 0.923. The van der Waals surface area contributed by atoms with Gasteiger partial charge in [-0.3, -0.25) is 4.79 Å². The molecule has 1 fully saturated rings. The molecule has 0 spiro atoms. The van der Waals surface area contributed by atoms with E-state index >= 15 is 0 Å². The Morgan fingerprint density at radius 1 is 1.40 bits per heavy atom. The highest BCUT2D eigenvalue weighted by Gasteiger charge is 2.39. The third-order valence-corrected chi connectivity index (χ3v) is 4.21. The zero-order valence-corrected chi connectivity index (χ0v) is 12.0. The molecule has 20 heavy (non-hydrogen) atoms. The van der Waals surface area contributed by atoms with E-state index in [1.807, 2.05) is 13.8 Å². The number of amides is 1. The molecule has 1 aromatic rings. The van der Waals surface area contributed by atoms with E-state index < -0.39 is 17.0 Å². The SMILES string of the molecule is CC(c1ccc(F)c(F)c1)N(C)C(=O)C1(C)CCNC1. The smallest absolute Gasteiger partial charge is 0.230 e. The van der Waals surface area contributed by atoms with E-state index in [9.17, 15) is 13.6 Å². The van der Waals surface area contributed by atoms with Gasteiger partial charge in [0.15, 0.2) is 11.6 Å². The number of halogens is 2. The number of benzene rings is 1. The Labute approximate surface area is 118 Å². The van der Waals surface area contributed by atoms with Crippen LogP contribution in [0.1, 0.15) is 31.9 Å². The van der Waals surface area contributed by atoms with Crippen molar-refractivity contribution in [2.45, 2.75) is 26.3 Å². The van der Waals surface area contributed by atoms with Gasteiger partial charge < -0.3 is 10.2 Å². The van der Waals surface area contributed by atoms with Gasteiger partial charge in [0.05, 0.1) is 11.5 Å². The summed E-state index contributed by atoms with van der Waals surface area (Å²) in [6.07, 6.45) is 0.792. The Hall–Kier alpha value is -1.49. The zero-order chi connectivity index (χ0) is 14.9. The number of hydrogen-bond donors (Lipinski definition) is 1. The van der Waals surface area contributed by atoms with Crippen molar-refractivity contribution in [3.63, 3.8) is 0 Å². The summed E-state index contributed by atoms with van der Waals surface area (Å²) in [5.41, 5.74) is 0.177. The van der Waals surface area contributed by atoms with Gasteiger partial charge in [-0.05, 0) is 44.5 Å².